The Morgan fingerprint density at radius 2 is 2.32 bits per heavy atom. The van der Waals surface area contributed by atoms with Crippen LogP contribution in [0.25, 0.3) is 10.2 Å². The molecule has 102 valence electrons. The van der Waals surface area contributed by atoms with Gasteiger partial charge in [0.2, 0.25) is 5.28 Å². The maximum Gasteiger partial charge on any atom is 0.225 e. The number of halogens is 1. The van der Waals surface area contributed by atoms with Gasteiger partial charge in [0, 0.05) is 19.6 Å². The van der Waals surface area contributed by atoms with Crippen LogP contribution in [0.1, 0.15) is 12.8 Å². The summed E-state index contributed by atoms with van der Waals surface area (Å²) in [4.78, 5) is 14.3. The minimum Gasteiger partial charge on any atom is -0.355 e. The molecule has 1 fully saturated rings. The van der Waals surface area contributed by atoms with Crippen LogP contribution in [0.5, 0.6) is 0 Å². The first-order chi connectivity index (χ1) is 9.15. The van der Waals surface area contributed by atoms with E-state index in [-0.39, 0.29) is 0 Å². The highest BCUT2D eigenvalue weighted by Gasteiger charge is 2.24. The Balaban J connectivity index is 1.96. The van der Waals surface area contributed by atoms with Gasteiger partial charge < -0.3 is 9.80 Å². The van der Waals surface area contributed by atoms with E-state index in [1.54, 1.807) is 11.3 Å². The molecule has 0 radical (unpaired) electrons. The Hall–Kier alpha value is -0.910. The molecule has 1 aliphatic heterocycles. The second kappa shape index (κ2) is 5.23. The Morgan fingerprint density at radius 1 is 1.47 bits per heavy atom. The average Bonchev–Trinajstić information content (AvgIpc) is 2.85. The molecule has 0 aliphatic carbocycles. The zero-order valence-corrected chi connectivity index (χ0v) is 12.7. The molecule has 2 aromatic rings. The monoisotopic (exact) mass is 296 g/mol. The third-order valence-corrected chi connectivity index (χ3v) is 4.73. The SMILES string of the molecule is CN1CCCC(N(C)c2nc(Cl)nc3sccc23)C1. The number of nitrogens with zero attached hydrogens (tertiary/aromatic N) is 4. The molecule has 0 spiro atoms. The number of hydrogen-bond donors (Lipinski definition) is 0. The van der Waals surface area contributed by atoms with E-state index in [1.165, 1.54) is 19.4 Å². The van der Waals surface area contributed by atoms with Crippen molar-refractivity contribution in [3.05, 3.63) is 16.7 Å². The van der Waals surface area contributed by atoms with E-state index < -0.39 is 0 Å². The maximum atomic E-state index is 6.04. The smallest absolute Gasteiger partial charge is 0.225 e. The van der Waals surface area contributed by atoms with Gasteiger partial charge in [-0.1, -0.05) is 0 Å². The van der Waals surface area contributed by atoms with Crippen LogP contribution in [0, 0.1) is 0 Å². The van der Waals surface area contributed by atoms with Gasteiger partial charge in [0.05, 0.1) is 5.39 Å². The number of anilines is 1. The van der Waals surface area contributed by atoms with E-state index in [4.69, 9.17) is 11.6 Å². The van der Waals surface area contributed by atoms with E-state index in [2.05, 4.69) is 39.9 Å². The molecule has 0 bridgehead atoms. The maximum absolute atomic E-state index is 6.04. The second-order valence-corrected chi connectivity index (χ2v) is 6.36. The fourth-order valence-corrected chi connectivity index (χ4v) is 3.68. The molecule has 0 aromatic carbocycles. The van der Waals surface area contributed by atoms with E-state index >= 15 is 0 Å². The van der Waals surface area contributed by atoms with Crippen LogP contribution < -0.4 is 4.90 Å². The summed E-state index contributed by atoms with van der Waals surface area (Å²) in [6.45, 7) is 2.26. The number of thiophene rings is 1. The van der Waals surface area contributed by atoms with Gasteiger partial charge in [-0.2, -0.15) is 4.98 Å². The van der Waals surface area contributed by atoms with Crippen molar-refractivity contribution in [2.24, 2.45) is 0 Å². The highest BCUT2D eigenvalue weighted by Crippen LogP contribution is 2.30. The fourth-order valence-electron chi connectivity index (χ4n) is 2.71. The topological polar surface area (TPSA) is 32.3 Å². The molecule has 19 heavy (non-hydrogen) atoms. The van der Waals surface area contributed by atoms with Crippen LogP contribution in [-0.2, 0) is 0 Å². The Morgan fingerprint density at radius 3 is 3.11 bits per heavy atom. The zero-order chi connectivity index (χ0) is 13.4. The van der Waals surface area contributed by atoms with Crippen molar-refractivity contribution in [2.45, 2.75) is 18.9 Å². The quantitative estimate of drug-likeness (QED) is 0.798. The van der Waals surface area contributed by atoms with Crippen LogP contribution in [0.3, 0.4) is 0 Å². The van der Waals surface area contributed by atoms with Gasteiger partial charge in [-0.25, -0.2) is 4.98 Å². The summed E-state index contributed by atoms with van der Waals surface area (Å²) < 4.78 is 0. The number of piperidine rings is 1. The van der Waals surface area contributed by atoms with Crippen LogP contribution in [-0.4, -0.2) is 48.1 Å². The summed E-state index contributed by atoms with van der Waals surface area (Å²) in [7, 11) is 4.28. The fraction of sp³-hybridized carbons (Fsp3) is 0.538. The number of fused-ring (bicyclic) bond motifs is 1. The van der Waals surface area contributed by atoms with Crippen LogP contribution >= 0.6 is 22.9 Å². The van der Waals surface area contributed by atoms with E-state index in [1.807, 2.05) is 5.38 Å². The summed E-state index contributed by atoms with van der Waals surface area (Å²) in [5, 5.41) is 3.48. The summed E-state index contributed by atoms with van der Waals surface area (Å²) in [6.07, 6.45) is 2.44. The zero-order valence-electron chi connectivity index (χ0n) is 11.1. The number of aromatic nitrogens is 2. The van der Waals surface area contributed by atoms with Gasteiger partial charge in [0.1, 0.15) is 10.6 Å². The molecule has 2 aromatic heterocycles. The molecule has 4 nitrogen and oxygen atoms in total. The second-order valence-electron chi connectivity index (χ2n) is 5.12. The van der Waals surface area contributed by atoms with Gasteiger partial charge in [0.25, 0.3) is 0 Å². The minimum atomic E-state index is 0.334. The van der Waals surface area contributed by atoms with Crippen molar-refractivity contribution in [1.29, 1.82) is 0 Å². The molecule has 3 heterocycles. The lowest BCUT2D eigenvalue weighted by Gasteiger charge is -2.36. The normalized spacial score (nSPS) is 20.9. The van der Waals surface area contributed by atoms with E-state index in [9.17, 15) is 0 Å². The minimum absolute atomic E-state index is 0.334. The molecule has 0 N–H and O–H groups in total. The molecule has 1 atom stereocenters. The number of hydrogen-bond acceptors (Lipinski definition) is 5. The molecular formula is C13H17ClN4S. The van der Waals surface area contributed by atoms with Crippen molar-refractivity contribution < 1.29 is 0 Å². The molecule has 6 heteroatoms. The summed E-state index contributed by atoms with van der Waals surface area (Å²) >= 11 is 7.65. The summed E-state index contributed by atoms with van der Waals surface area (Å²) in [6, 6.07) is 2.57. The van der Waals surface area contributed by atoms with E-state index in [0.717, 1.165) is 22.6 Å². The predicted octanol–water partition coefficient (Wildman–Crippen LogP) is 2.88. The van der Waals surface area contributed by atoms with Crippen molar-refractivity contribution >= 4 is 39.0 Å². The van der Waals surface area contributed by atoms with Crippen molar-refractivity contribution in [3.63, 3.8) is 0 Å². The largest absolute Gasteiger partial charge is 0.355 e. The van der Waals surface area contributed by atoms with Gasteiger partial charge in [-0.05, 0) is 49.5 Å². The molecule has 0 amide bonds. The Kier molecular flexibility index (Phi) is 3.60. The van der Waals surface area contributed by atoms with Gasteiger partial charge in [-0.3, -0.25) is 0 Å². The first-order valence-corrected chi connectivity index (χ1v) is 7.73. The third kappa shape index (κ3) is 2.55. The van der Waals surface area contributed by atoms with Crippen LogP contribution in [0.4, 0.5) is 5.82 Å². The Labute approximate surface area is 122 Å². The third-order valence-electron chi connectivity index (χ3n) is 3.76. The number of likely N-dealkylation sites (tertiary alicyclic amines) is 1. The van der Waals surface area contributed by atoms with E-state index in [0.29, 0.717) is 11.3 Å². The Bertz CT molecular complexity index is 585. The van der Waals surface area contributed by atoms with Crippen molar-refractivity contribution in [2.75, 3.05) is 32.1 Å². The van der Waals surface area contributed by atoms with Gasteiger partial charge in [0.15, 0.2) is 0 Å². The average molecular weight is 297 g/mol. The molecule has 1 unspecified atom stereocenters. The summed E-state index contributed by atoms with van der Waals surface area (Å²) in [5.41, 5.74) is 0. The lowest BCUT2D eigenvalue weighted by atomic mass is 10.0. The van der Waals surface area contributed by atoms with Crippen molar-refractivity contribution in [1.82, 2.24) is 14.9 Å². The number of likely N-dealkylation sites (N-methyl/N-ethyl adjacent to an activating group) is 2. The first kappa shape index (κ1) is 13.1. The predicted molar refractivity (Wildman–Crippen MR) is 81.3 cm³/mol. The number of rotatable bonds is 2. The lowest BCUT2D eigenvalue weighted by molar-refractivity contribution is 0.247. The molecule has 3 rings (SSSR count). The molecule has 1 aliphatic rings. The van der Waals surface area contributed by atoms with Crippen molar-refractivity contribution in [3.8, 4) is 0 Å². The highest BCUT2D eigenvalue weighted by atomic mass is 35.5. The van der Waals surface area contributed by atoms with Crippen LogP contribution in [0.15, 0.2) is 11.4 Å². The standard InChI is InChI=1S/C13H17ClN4S/c1-17-6-3-4-9(8-17)18(2)11-10-5-7-19-12(10)16-13(14)15-11/h5,7,9H,3-4,6,8H2,1-2H3. The van der Waals surface area contributed by atoms with Crippen LogP contribution in [0.2, 0.25) is 5.28 Å². The van der Waals surface area contributed by atoms with Gasteiger partial charge >= 0.3 is 0 Å². The molecule has 1 saturated heterocycles. The summed E-state index contributed by atoms with van der Waals surface area (Å²) in [5.74, 6) is 0.955. The van der Waals surface area contributed by atoms with Gasteiger partial charge in [-0.15, -0.1) is 11.3 Å². The molecule has 0 saturated carbocycles. The molecular weight excluding hydrogens is 280 g/mol. The highest BCUT2D eigenvalue weighted by molar-refractivity contribution is 7.16. The first-order valence-electron chi connectivity index (χ1n) is 6.47. The lowest BCUT2D eigenvalue weighted by Crippen LogP contribution is -2.45.